The summed E-state index contributed by atoms with van der Waals surface area (Å²) < 4.78 is 2.23. The third-order valence-electron chi connectivity index (χ3n) is 3.77. The predicted octanol–water partition coefficient (Wildman–Crippen LogP) is 4.37. The number of rotatable bonds is 3. The Hall–Kier alpha value is -2.13. The molecule has 0 N–H and O–H groups in total. The van der Waals surface area contributed by atoms with Gasteiger partial charge >= 0.3 is 0 Å². The van der Waals surface area contributed by atoms with Crippen molar-refractivity contribution in [2.45, 2.75) is 13.0 Å². The van der Waals surface area contributed by atoms with Crippen molar-refractivity contribution in [2.75, 3.05) is 5.88 Å². The molecule has 0 atom stereocenters. The van der Waals surface area contributed by atoms with Gasteiger partial charge in [-0.2, -0.15) is 0 Å². The minimum Gasteiger partial charge on any atom is -0.324 e. The molecule has 0 saturated carbocycles. The van der Waals surface area contributed by atoms with Gasteiger partial charge in [-0.1, -0.05) is 30.3 Å². The van der Waals surface area contributed by atoms with E-state index >= 15 is 0 Å². The average Bonchev–Trinajstić information content (AvgIpc) is 2.84. The van der Waals surface area contributed by atoms with Gasteiger partial charge in [0.2, 0.25) is 0 Å². The van der Waals surface area contributed by atoms with E-state index in [0.29, 0.717) is 5.88 Å². The lowest BCUT2D eigenvalue weighted by Gasteiger charge is -2.05. The van der Waals surface area contributed by atoms with Crippen LogP contribution in [0.25, 0.3) is 33.1 Å². The van der Waals surface area contributed by atoms with Crippen molar-refractivity contribution in [2.24, 2.45) is 0 Å². The predicted molar refractivity (Wildman–Crippen MR) is 87.9 cm³/mol. The summed E-state index contributed by atoms with van der Waals surface area (Å²) in [5.74, 6) is 0.648. The lowest BCUT2D eigenvalue weighted by molar-refractivity contribution is 0.722. The van der Waals surface area contributed by atoms with Crippen LogP contribution in [0.3, 0.4) is 0 Å². The van der Waals surface area contributed by atoms with E-state index in [-0.39, 0.29) is 0 Å². The molecule has 2 aromatic heterocycles. The van der Waals surface area contributed by atoms with Gasteiger partial charge in [0.15, 0.2) is 5.65 Å². The molecule has 4 heteroatoms. The smallest absolute Gasteiger partial charge is 0.160 e. The van der Waals surface area contributed by atoms with Crippen LogP contribution in [-0.2, 0) is 6.54 Å². The molecule has 0 unspecified atom stereocenters. The highest BCUT2D eigenvalue weighted by Gasteiger charge is 2.13. The van der Waals surface area contributed by atoms with E-state index in [2.05, 4.69) is 22.8 Å². The zero-order valence-corrected chi connectivity index (χ0v) is 12.2. The average molecular weight is 296 g/mol. The monoisotopic (exact) mass is 295 g/mol. The van der Waals surface area contributed by atoms with Crippen molar-refractivity contribution >= 4 is 44.7 Å². The second-order valence-electron chi connectivity index (χ2n) is 5.10. The Morgan fingerprint density at radius 2 is 1.62 bits per heavy atom. The first kappa shape index (κ1) is 12.6. The Balaban J connectivity index is 2.13. The third-order valence-corrected chi connectivity index (χ3v) is 4.04. The Labute approximate surface area is 127 Å². The van der Waals surface area contributed by atoms with Crippen LogP contribution in [0, 0.1) is 0 Å². The van der Waals surface area contributed by atoms with E-state index in [9.17, 15) is 0 Å². The molecule has 0 saturated heterocycles. The fourth-order valence-electron chi connectivity index (χ4n) is 2.83. The molecule has 0 amide bonds. The van der Waals surface area contributed by atoms with Gasteiger partial charge in [-0.05, 0) is 24.6 Å². The standard InChI is InChI=1S/C17H14ClN3/c18-10-5-11-21-15-9-4-1-6-12(15)16-17(21)20-14-8-3-2-7-13(14)19-16/h1-4,6-9H,5,10-11H2. The van der Waals surface area contributed by atoms with E-state index in [4.69, 9.17) is 21.6 Å². The van der Waals surface area contributed by atoms with Crippen molar-refractivity contribution in [1.29, 1.82) is 0 Å². The first-order valence-corrected chi connectivity index (χ1v) is 7.61. The quantitative estimate of drug-likeness (QED) is 0.526. The SMILES string of the molecule is ClCCCn1c2ccccc2c2nc3ccccc3nc21. The van der Waals surface area contributed by atoms with Crippen LogP contribution in [0.15, 0.2) is 48.5 Å². The number of nitrogens with zero attached hydrogens (tertiary/aromatic N) is 3. The summed E-state index contributed by atoms with van der Waals surface area (Å²) in [7, 11) is 0. The number of hydrogen-bond donors (Lipinski definition) is 0. The summed E-state index contributed by atoms with van der Waals surface area (Å²) in [6.07, 6.45) is 0.920. The number of aromatic nitrogens is 3. The first-order chi connectivity index (χ1) is 10.4. The molecule has 0 fully saturated rings. The van der Waals surface area contributed by atoms with Gasteiger partial charge < -0.3 is 4.57 Å². The lowest BCUT2D eigenvalue weighted by Crippen LogP contribution is -2.00. The molecule has 0 spiro atoms. The summed E-state index contributed by atoms with van der Waals surface area (Å²) >= 11 is 5.87. The summed E-state index contributed by atoms with van der Waals surface area (Å²) in [6, 6.07) is 16.3. The molecule has 4 aromatic rings. The largest absolute Gasteiger partial charge is 0.324 e. The third kappa shape index (κ3) is 1.96. The number of fused-ring (bicyclic) bond motifs is 4. The molecular weight excluding hydrogens is 282 g/mol. The minimum absolute atomic E-state index is 0.648. The van der Waals surface area contributed by atoms with Crippen LogP contribution in [0.1, 0.15) is 6.42 Å². The highest BCUT2D eigenvalue weighted by Crippen LogP contribution is 2.28. The van der Waals surface area contributed by atoms with Gasteiger partial charge in [0.05, 0.1) is 16.6 Å². The molecule has 2 aromatic carbocycles. The van der Waals surface area contributed by atoms with Gasteiger partial charge in [-0.15, -0.1) is 11.6 Å². The van der Waals surface area contributed by atoms with Crippen LogP contribution < -0.4 is 0 Å². The van der Waals surface area contributed by atoms with Crippen LogP contribution in [0.4, 0.5) is 0 Å². The molecule has 2 heterocycles. The van der Waals surface area contributed by atoms with E-state index in [1.807, 2.05) is 30.3 Å². The number of hydrogen-bond acceptors (Lipinski definition) is 2. The maximum atomic E-state index is 5.87. The molecule has 0 radical (unpaired) electrons. The number of benzene rings is 2. The van der Waals surface area contributed by atoms with E-state index in [1.165, 1.54) is 5.52 Å². The van der Waals surface area contributed by atoms with E-state index < -0.39 is 0 Å². The molecule has 0 aliphatic rings. The van der Waals surface area contributed by atoms with Crippen molar-refractivity contribution in [3.63, 3.8) is 0 Å². The van der Waals surface area contributed by atoms with Gasteiger partial charge in [0.1, 0.15) is 5.52 Å². The Morgan fingerprint density at radius 3 is 2.43 bits per heavy atom. The maximum absolute atomic E-state index is 5.87. The van der Waals surface area contributed by atoms with Gasteiger partial charge in [0, 0.05) is 17.8 Å². The van der Waals surface area contributed by atoms with Gasteiger partial charge in [-0.3, -0.25) is 0 Å². The molecular formula is C17H14ClN3. The number of halogens is 1. The van der Waals surface area contributed by atoms with E-state index in [0.717, 1.165) is 40.5 Å². The van der Waals surface area contributed by atoms with Crippen LogP contribution >= 0.6 is 11.6 Å². The van der Waals surface area contributed by atoms with Crippen LogP contribution in [0.5, 0.6) is 0 Å². The highest BCUT2D eigenvalue weighted by molar-refractivity contribution is 6.17. The summed E-state index contributed by atoms with van der Waals surface area (Å²) in [4.78, 5) is 9.64. The second kappa shape index (κ2) is 5.01. The molecule has 4 rings (SSSR count). The van der Waals surface area contributed by atoms with Crippen molar-refractivity contribution in [1.82, 2.24) is 14.5 Å². The number of para-hydroxylation sites is 3. The maximum Gasteiger partial charge on any atom is 0.160 e. The zero-order chi connectivity index (χ0) is 14.2. The summed E-state index contributed by atoms with van der Waals surface area (Å²) in [6.45, 7) is 0.862. The van der Waals surface area contributed by atoms with Crippen molar-refractivity contribution in [3.8, 4) is 0 Å². The molecule has 0 aliphatic heterocycles. The van der Waals surface area contributed by atoms with Crippen molar-refractivity contribution in [3.05, 3.63) is 48.5 Å². The molecule has 21 heavy (non-hydrogen) atoms. The first-order valence-electron chi connectivity index (χ1n) is 7.08. The lowest BCUT2D eigenvalue weighted by atomic mass is 10.2. The Bertz CT molecular complexity index is 943. The van der Waals surface area contributed by atoms with Crippen LogP contribution in [-0.4, -0.2) is 20.4 Å². The molecule has 0 aliphatic carbocycles. The van der Waals surface area contributed by atoms with Crippen molar-refractivity contribution < 1.29 is 0 Å². The fraction of sp³-hybridized carbons (Fsp3) is 0.176. The number of alkyl halides is 1. The van der Waals surface area contributed by atoms with Gasteiger partial charge in [0.25, 0.3) is 0 Å². The number of aryl methyl sites for hydroxylation is 1. The Kier molecular flexibility index (Phi) is 3.00. The molecule has 3 nitrogen and oxygen atoms in total. The highest BCUT2D eigenvalue weighted by atomic mass is 35.5. The second-order valence-corrected chi connectivity index (χ2v) is 5.47. The zero-order valence-electron chi connectivity index (χ0n) is 11.5. The molecule has 104 valence electrons. The van der Waals surface area contributed by atoms with Crippen LogP contribution in [0.2, 0.25) is 0 Å². The minimum atomic E-state index is 0.648. The topological polar surface area (TPSA) is 30.7 Å². The normalized spacial score (nSPS) is 11.7. The van der Waals surface area contributed by atoms with E-state index in [1.54, 1.807) is 0 Å². The Morgan fingerprint density at radius 1 is 0.905 bits per heavy atom. The van der Waals surface area contributed by atoms with Gasteiger partial charge in [-0.25, -0.2) is 9.97 Å². The summed E-state index contributed by atoms with van der Waals surface area (Å²) in [5.41, 5.74) is 4.96. The fourth-order valence-corrected chi connectivity index (χ4v) is 2.95. The summed E-state index contributed by atoms with van der Waals surface area (Å²) in [5, 5.41) is 1.15. The molecule has 0 bridgehead atoms.